The Balaban J connectivity index is 2.05. The minimum Gasteiger partial charge on any atom is -0.469 e. The number of ether oxygens (including phenoxy) is 1. The van der Waals surface area contributed by atoms with Crippen molar-refractivity contribution in [3.8, 4) is 0 Å². The molecule has 0 aliphatic carbocycles. The summed E-state index contributed by atoms with van der Waals surface area (Å²) in [5, 5.41) is 0. The zero-order chi connectivity index (χ0) is 14.4. The SMILES string of the molecule is COC(=O)Cc1ccccc1CSc1ccc(F)cc1. The normalized spacial score (nSPS) is 10.3. The van der Waals surface area contributed by atoms with E-state index in [4.69, 9.17) is 4.74 Å². The zero-order valence-corrected chi connectivity index (χ0v) is 12.0. The van der Waals surface area contributed by atoms with E-state index in [0.29, 0.717) is 0 Å². The van der Waals surface area contributed by atoms with Crippen LogP contribution in [0.25, 0.3) is 0 Å². The molecular formula is C16H15FO2S. The van der Waals surface area contributed by atoms with E-state index >= 15 is 0 Å². The first-order valence-corrected chi connectivity index (χ1v) is 7.19. The quantitative estimate of drug-likeness (QED) is 0.618. The van der Waals surface area contributed by atoms with E-state index in [0.717, 1.165) is 21.8 Å². The number of rotatable bonds is 5. The maximum atomic E-state index is 12.8. The smallest absolute Gasteiger partial charge is 0.309 e. The Morgan fingerprint density at radius 1 is 1.10 bits per heavy atom. The van der Waals surface area contributed by atoms with Crippen molar-refractivity contribution in [1.82, 2.24) is 0 Å². The highest BCUT2D eigenvalue weighted by atomic mass is 32.2. The van der Waals surface area contributed by atoms with Gasteiger partial charge in [0.2, 0.25) is 0 Å². The highest BCUT2D eigenvalue weighted by Crippen LogP contribution is 2.25. The third kappa shape index (κ3) is 4.10. The first-order chi connectivity index (χ1) is 9.69. The van der Waals surface area contributed by atoms with Crippen molar-refractivity contribution in [2.45, 2.75) is 17.1 Å². The molecule has 0 heterocycles. The van der Waals surface area contributed by atoms with Crippen molar-refractivity contribution in [2.24, 2.45) is 0 Å². The van der Waals surface area contributed by atoms with E-state index in [1.54, 1.807) is 23.9 Å². The van der Waals surface area contributed by atoms with Gasteiger partial charge in [-0.3, -0.25) is 4.79 Å². The number of thioether (sulfide) groups is 1. The molecule has 0 atom stereocenters. The molecule has 2 aromatic rings. The number of esters is 1. The number of benzene rings is 2. The van der Waals surface area contributed by atoms with Gasteiger partial charge in [0, 0.05) is 10.6 Å². The molecule has 2 aromatic carbocycles. The fourth-order valence-corrected chi connectivity index (χ4v) is 2.72. The molecule has 20 heavy (non-hydrogen) atoms. The summed E-state index contributed by atoms with van der Waals surface area (Å²) >= 11 is 1.61. The van der Waals surface area contributed by atoms with Gasteiger partial charge in [0.25, 0.3) is 0 Å². The minimum atomic E-state index is -0.246. The summed E-state index contributed by atoms with van der Waals surface area (Å²) in [6, 6.07) is 14.2. The van der Waals surface area contributed by atoms with Gasteiger partial charge in [0.05, 0.1) is 13.5 Å². The molecule has 0 bridgehead atoms. The van der Waals surface area contributed by atoms with E-state index in [1.807, 2.05) is 24.3 Å². The summed E-state index contributed by atoms with van der Waals surface area (Å²) < 4.78 is 17.5. The molecule has 0 amide bonds. The topological polar surface area (TPSA) is 26.3 Å². The average Bonchev–Trinajstić information content (AvgIpc) is 2.48. The van der Waals surface area contributed by atoms with Crippen LogP contribution < -0.4 is 0 Å². The predicted molar refractivity (Wildman–Crippen MR) is 78.1 cm³/mol. The van der Waals surface area contributed by atoms with Crippen LogP contribution in [0.1, 0.15) is 11.1 Å². The number of methoxy groups -OCH3 is 1. The Bertz CT molecular complexity index is 581. The average molecular weight is 290 g/mol. The first-order valence-electron chi connectivity index (χ1n) is 6.21. The summed E-state index contributed by atoms with van der Waals surface area (Å²) in [6.07, 6.45) is 0.274. The lowest BCUT2D eigenvalue weighted by atomic mass is 10.1. The molecule has 0 spiro atoms. The van der Waals surface area contributed by atoms with Crippen molar-refractivity contribution in [1.29, 1.82) is 0 Å². The Hall–Kier alpha value is -1.81. The highest BCUT2D eigenvalue weighted by molar-refractivity contribution is 7.98. The molecule has 0 aromatic heterocycles. The van der Waals surface area contributed by atoms with E-state index in [9.17, 15) is 9.18 Å². The number of carbonyl (C=O) groups is 1. The molecule has 0 unspecified atom stereocenters. The molecule has 2 rings (SSSR count). The molecule has 0 fully saturated rings. The van der Waals surface area contributed by atoms with Crippen molar-refractivity contribution in [3.63, 3.8) is 0 Å². The number of hydrogen-bond donors (Lipinski definition) is 0. The largest absolute Gasteiger partial charge is 0.469 e. The molecule has 2 nitrogen and oxygen atoms in total. The minimum absolute atomic E-state index is 0.236. The second-order valence-corrected chi connectivity index (χ2v) is 5.31. The zero-order valence-electron chi connectivity index (χ0n) is 11.1. The molecule has 104 valence electrons. The Kier molecular flexibility index (Phi) is 5.18. The number of halogens is 1. The number of hydrogen-bond acceptors (Lipinski definition) is 3. The molecule has 0 aliphatic heterocycles. The Labute approximate surface area is 122 Å². The van der Waals surface area contributed by atoms with Crippen molar-refractivity contribution in [3.05, 3.63) is 65.5 Å². The van der Waals surface area contributed by atoms with Gasteiger partial charge < -0.3 is 4.74 Å². The van der Waals surface area contributed by atoms with Gasteiger partial charge in [0.1, 0.15) is 5.82 Å². The lowest BCUT2D eigenvalue weighted by molar-refractivity contribution is -0.139. The summed E-state index contributed by atoms with van der Waals surface area (Å²) in [7, 11) is 1.39. The molecule has 0 saturated heterocycles. The maximum absolute atomic E-state index is 12.8. The van der Waals surface area contributed by atoms with Gasteiger partial charge in [-0.1, -0.05) is 24.3 Å². The van der Waals surface area contributed by atoms with Gasteiger partial charge in [-0.05, 0) is 35.4 Å². The van der Waals surface area contributed by atoms with Crippen LogP contribution in [0.3, 0.4) is 0 Å². The molecule has 0 aliphatic rings. The molecular weight excluding hydrogens is 275 g/mol. The Morgan fingerprint density at radius 3 is 2.40 bits per heavy atom. The standard InChI is InChI=1S/C16H15FO2S/c1-19-16(18)10-12-4-2-3-5-13(12)11-20-15-8-6-14(17)7-9-15/h2-9H,10-11H2,1H3. The fourth-order valence-electron chi connectivity index (χ4n) is 1.79. The van der Waals surface area contributed by atoms with Gasteiger partial charge in [-0.25, -0.2) is 4.39 Å². The third-order valence-electron chi connectivity index (χ3n) is 2.89. The maximum Gasteiger partial charge on any atom is 0.309 e. The predicted octanol–water partition coefficient (Wildman–Crippen LogP) is 3.83. The monoisotopic (exact) mass is 290 g/mol. The van der Waals surface area contributed by atoms with Crippen LogP contribution in [-0.2, 0) is 21.7 Å². The Morgan fingerprint density at radius 2 is 1.75 bits per heavy atom. The van der Waals surface area contributed by atoms with Crippen LogP contribution in [0, 0.1) is 5.82 Å². The summed E-state index contributed by atoms with van der Waals surface area (Å²) in [4.78, 5) is 12.4. The van der Waals surface area contributed by atoms with Crippen LogP contribution in [0.15, 0.2) is 53.4 Å². The van der Waals surface area contributed by atoms with Crippen LogP contribution in [0.5, 0.6) is 0 Å². The molecule has 0 saturated carbocycles. The molecule has 4 heteroatoms. The van der Waals surface area contributed by atoms with Gasteiger partial charge in [-0.2, -0.15) is 0 Å². The van der Waals surface area contributed by atoms with Gasteiger partial charge >= 0.3 is 5.97 Å². The van der Waals surface area contributed by atoms with Crippen molar-refractivity contribution < 1.29 is 13.9 Å². The van der Waals surface area contributed by atoms with Crippen molar-refractivity contribution in [2.75, 3.05) is 7.11 Å². The van der Waals surface area contributed by atoms with Crippen molar-refractivity contribution >= 4 is 17.7 Å². The number of carbonyl (C=O) groups excluding carboxylic acids is 1. The third-order valence-corrected chi connectivity index (χ3v) is 3.95. The lowest BCUT2D eigenvalue weighted by Crippen LogP contribution is -2.06. The second-order valence-electron chi connectivity index (χ2n) is 4.26. The van der Waals surface area contributed by atoms with E-state index < -0.39 is 0 Å². The van der Waals surface area contributed by atoms with Gasteiger partial charge in [0.15, 0.2) is 0 Å². The lowest BCUT2D eigenvalue weighted by Gasteiger charge is -2.08. The second kappa shape index (κ2) is 7.10. The van der Waals surface area contributed by atoms with Crippen LogP contribution in [0.2, 0.25) is 0 Å². The van der Waals surface area contributed by atoms with Crippen LogP contribution >= 0.6 is 11.8 Å². The van der Waals surface area contributed by atoms with Gasteiger partial charge in [-0.15, -0.1) is 11.8 Å². The molecule has 0 radical (unpaired) electrons. The summed E-state index contributed by atoms with van der Waals surface area (Å²) in [5.41, 5.74) is 2.06. The van der Waals surface area contributed by atoms with Crippen LogP contribution in [0.4, 0.5) is 4.39 Å². The van der Waals surface area contributed by atoms with E-state index in [2.05, 4.69) is 0 Å². The molecule has 0 N–H and O–H groups in total. The van der Waals surface area contributed by atoms with E-state index in [1.165, 1.54) is 19.2 Å². The fraction of sp³-hybridized carbons (Fsp3) is 0.188. The summed E-state index contributed by atoms with van der Waals surface area (Å²) in [5.74, 6) is 0.253. The van der Waals surface area contributed by atoms with Crippen LogP contribution in [-0.4, -0.2) is 13.1 Å². The summed E-state index contributed by atoms with van der Waals surface area (Å²) in [6.45, 7) is 0. The highest BCUT2D eigenvalue weighted by Gasteiger charge is 2.08. The van der Waals surface area contributed by atoms with E-state index in [-0.39, 0.29) is 18.2 Å². The first kappa shape index (κ1) is 14.6.